The molecule has 0 unspecified atom stereocenters. The second-order valence-corrected chi connectivity index (χ2v) is 3.27. The summed E-state index contributed by atoms with van der Waals surface area (Å²) in [5, 5.41) is 0. The van der Waals surface area contributed by atoms with Gasteiger partial charge in [0.2, 0.25) is 5.89 Å². The summed E-state index contributed by atoms with van der Waals surface area (Å²) in [5.74, 6) is 2.86. The first-order chi connectivity index (χ1) is 5.38. The number of aromatic nitrogens is 1. The van der Waals surface area contributed by atoms with Crippen LogP contribution in [0, 0.1) is 5.92 Å². The lowest BCUT2D eigenvalue weighted by Gasteiger charge is -1.89. The first kappa shape index (κ1) is 7.17. The summed E-state index contributed by atoms with van der Waals surface area (Å²) in [4.78, 5) is 4.02. The third kappa shape index (κ3) is 1.74. The molecule has 1 heterocycles. The zero-order valence-electron chi connectivity index (χ0n) is 6.22. The van der Waals surface area contributed by atoms with Crippen LogP contribution in [0.4, 0.5) is 0 Å². The summed E-state index contributed by atoms with van der Waals surface area (Å²) in [5.41, 5.74) is 0. The van der Waals surface area contributed by atoms with Crippen LogP contribution in [0.25, 0.3) is 0 Å². The first-order valence-corrected chi connectivity index (χ1v) is 4.41. The molecule has 0 spiro atoms. The number of rotatable bonds is 3. The SMILES string of the molecule is ClCc1ncc(CC2CC2)o1. The van der Waals surface area contributed by atoms with Crippen molar-refractivity contribution >= 4 is 11.6 Å². The van der Waals surface area contributed by atoms with Crippen LogP contribution in [-0.2, 0) is 12.3 Å². The third-order valence-corrected chi connectivity index (χ3v) is 2.13. The predicted octanol–water partition coefficient (Wildman–Crippen LogP) is 2.37. The minimum atomic E-state index is 0.380. The predicted molar refractivity (Wildman–Crippen MR) is 42.5 cm³/mol. The Balaban J connectivity index is 1.99. The number of hydrogen-bond donors (Lipinski definition) is 0. The first-order valence-electron chi connectivity index (χ1n) is 3.88. The van der Waals surface area contributed by atoms with E-state index in [1.165, 1.54) is 12.8 Å². The lowest BCUT2D eigenvalue weighted by atomic mass is 10.2. The second kappa shape index (κ2) is 2.86. The lowest BCUT2D eigenvalue weighted by molar-refractivity contribution is 0.462. The van der Waals surface area contributed by atoms with Crippen molar-refractivity contribution in [2.45, 2.75) is 25.1 Å². The van der Waals surface area contributed by atoms with Crippen molar-refractivity contribution in [1.29, 1.82) is 0 Å². The molecule has 60 valence electrons. The number of nitrogens with zero attached hydrogens (tertiary/aromatic N) is 1. The fourth-order valence-electron chi connectivity index (χ4n) is 1.11. The zero-order chi connectivity index (χ0) is 7.68. The fraction of sp³-hybridized carbons (Fsp3) is 0.625. The number of alkyl halides is 1. The van der Waals surface area contributed by atoms with Gasteiger partial charge in [-0.2, -0.15) is 0 Å². The van der Waals surface area contributed by atoms with Crippen LogP contribution in [-0.4, -0.2) is 4.98 Å². The van der Waals surface area contributed by atoms with E-state index in [0.717, 1.165) is 18.1 Å². The van der Waals surface area contributed by atoms with Gasteiger partial charge in [0.15, 0.2) is 0 Å². The van der Waals surface area contributed by atoms with Gasteiger partial charge in [0.25, 0.3) is 0 Å². The van der Waals surface area contributed by atoms with E-state index in [1.807, 2.05) is 0 Å². The van der Waals surface area contributed by atoms with Crippen molar-refractivity contribution in [3.8, 4) is 0 Å². The highest BCUT2D eigenvalue weighted by molar-refractivity contribution is 6.16. The molecule has 1 saturated carbocycles. The molecule has 1 aliphatic carbocycles. The summed E-state index contributed by atoms with van der Waals surface area (Å²) in [6.07, 6.45) is 5.52. The summed E-state index contributed by atoms with van der Waals surface area (Å²) in [6, 6.07) is 0. The molecule has 0 N–H and O–H groups in total. The van der Waals surface area contributed by atoms with E-state index < -0.39 is 0 Å². The van der Waals surface area contributed by atoms with Gasteiger partial charge < -0.3 is 4.42 Å². The van der Waals surface area contributed by atoms with Gasteiger partial charge in [-0.25, -0.2) is 4.98 Å². The number of hydrogen-bond acceptors (Lipinski definition) is 2. The Hall–Kier alpha value is -0.500. The Morgan fingerprint density at radius 2 is 2.45 bits per heavy atom. The molecule has 3 heteroatoms. The van der Waals surface area contributed by atoms with Gasteiger partial charge in [-0.05, 0) is 18.8 Å². The molecule has 1 fully saturated rings. The van der Waals surface area contributed by atoms with Crippen molar-refractivity contribution in [3.05, 3.63) is 17.8 Å². The second-order valence-electron chi connectivity index (χ2n) is 3.00. The van der Waals surface area contributed by atoms with Gasteiger partial charge in [0.05, 0.1) is 12.1 Å². The molecule has 0 atom stereocenters. The van der Waals surface area contributed by atoms with Crippen molar-refractivity contribution in [2.24, 2.45) is 5.92 Å². The highest BCUT2D eigenvalue weighted by Crippen LogP contribution is 2.32. The Bertz CT molecular complexity index is 242. The van der Waals surface area contributed by atoms with Crippen LogP contribution < -0.4 is 0 Å². The number of halogens is 1. The average molecular weight is 172 g/mol. The Morgan fingerprint density at radius 3 is 3.00 bits per heavy atom. The van der Waals surface area contributed by atoms with Gasteiger partial charge in [0.1, 0.15) is 5.76 Å². The maximum Gasteiger partial charge on any atom is 0.209 e. The summed E-state index contributed by atoms with van der Waals surface area (Å²) in [7, 11) is 0. The maximum atomic E-state index is 5.54. The van der Waals surface area contributed by atoms with Gasteiger partial charge in [0, 0.05) is 6.42 Å². The third-order valence-electron chi connectivity index (χ3n) is 1.90. The molecule has 0 aromatic carbocycles. The van der Waals surface area contributed by atoms with E-state index in [9.17, 15) is 0 Å². The smallest absolute Gasteiger partial charge is 0.209 e. The molecule has 1 aliphatic rings. The van der Waals surface area contributed by atoms with Crippen LogP contribution >= 0.6 is 11.6 Å². The largest absolute Gasteiger partial charge is 0.444 e. The monoisotopic (exact) mass is 171 g/mol. The van der Waals surface area contributed by atoms with E-state index in [2.05, 4.69) is 4.98 Å². The molecular weight excluding hydrogens is 162 g/mol. The molecular formula is C8H10ClNO. The molecule has 0 radical (unpaired) electrons. The zero-order valence-corrected chi connectivity index (χ0v) is 6.97. The normalized spacial score (nSPS) is 17.2. The Kier molecular flexibility index (Phi) is 1.86. The Morgan fingerprint density at radius 1 is 1.64 bits per heavy atom. The standard InChI is InChI=1S/C8H10ClNO/c9-4-8-10-5-7(11-8)3-6-1-2-6/h5-6H,1-4H2. The number of oxazole rings is 1. The molecule has 0 saturated heterocycles. The summed E-state index contributed by atoms with van der Waals surface area (Å²) >= 11 is 5.54. The minimum Gasteiger partial charge on any atom is -0.444 e. The summed E-state index contributed by atoms with van der Waals surface area (Å²) in [6.45, 7) is 0. The van der Waals surface area contributed by atoms with Crippen molar-refractivity contribution in [1.82, 2.24) is 4.98 Å². The van der Waals surface area contributed by atoms with Crippen LogP contribution in [0.2, 0.25) is 0 Å². The van der Waals surface area contributed by atoms with Crippen molar-refractivity contribution in [3.63, 3.8) is 0 Å². The van der Waals surface area contributed by atoms with Crippen LogP contribution in [0.3, 0.4) is 0 Å². The van der Waals surface area contributed by atoms with Gasteiger partial charge >= 0.3 is 0 Å². The van der Waals surface area contributed by atoms with Crippen LogP contribution in [0.5, 0.6) is 0 Å². The van der Waals surface area contributed by atoms with E-state index in [-0.39, 0.29) is 0 Å². The van der Waals surface area contributed by atoms with Gasteiger partial charge in [-0.15, -0.1) is 11.6 Å². The van der Waals surface area contributed by atoms with E-state index in [1.54, 1.807) is 6.20 Å². The average Bonchev–Trinajstić information content (AvgIpc) is 2.68. The molecule has 1 aromatic rings. The van der Waals surface area contributed by atoms with E-state index in [4.69, 9.17) is 16.0 Å². The molecule has 2 nitrogen and oxygen atoms in total. The molecule has 2 rings (SSSR count). The highest BCUT2D eigenvalue weighted by atomic mass is 35.5. The topological polar surface area (TPSA) is 26.0 Å². The fourth-order valence-corrected chi connectivity index (χ4v) is 1.23. The van der Waals surface area contributed by atoms with Gasteiger partial charge in [-0.1, -0.05) is 0 Å². The van der Waals surface area contributed by atoms with E-state index in [0.29, 0.717) is 11.8 Å². The van der Waals surface area contributed by atoms with Crippen LogP contribution in [0.1, 0.15) is 24.5 Å². The lowest BCUT2D eigenvalue weighted by Crippen LogP contribution is -1.81. The molecule has 11 heavy (non-hydrogen) atoms. The Labute approximate surface area is 70.6 Å². The summed E-state index contributed by atoms with van der Waals surface area (Å²) < 4.78 is 5.34. The quantitative estimate of drug-likeness (QED) is 0.653. The molecule has 0 bridgehead atoms. The van der Waals surface area contributed by atoms with Gasteiger partial charge in [-0.3, -0.25) is 0 Å². The molecule has 1 aromatic heterocycles. The molecule has 0 amide bonds. The van der Waals surface area contributed by atoms with E-state index >= 15 is 0 Å². The minimum absolute atomic E-state index is 0.380. The van der Waals surface area contributed by atoms with Crippen LogP contribution in [0.15, 0.2) is 10.6 Å². The highest BCUT2D eigenvalue weighted by Gasteiger charge is 2.23. The maximum absolute atomic E-state index is 5.54. The van der Waals surface area contributed by atoms with Crippen molar-refractivity contribution < 1.29 is 4.42 Å². The van der Waals surface area contributed by atoms with Crippen molar-refractivity contribution in [2.75, 3.05) is 0 Å². The molecule has 0 aliphatic heterocycles.